The van der Waals surface area contributed by atoms with Crippen LogP contribution in [0.5, 0.6) is 11.5 Å². The zero-order valence-electron chi connectivity index (χ0n) is 23.1. The minimum Gasteiger partial charge on any atom is -0.496 e. The Morgan fingerprint density at radius 2 is 1.77 bits per heavy atom. The van der Waals surface area contributed by atoms with E-state index >= 15 is 0 Å². The first kappa shape index (κ1) is 27.1. The van der Waals surface area contributed by atoms with Gasteiger partial charge in [-0.15, -0.1) is 0 Å². The lowest BCUT2D eigenvalue weighted by molar-refractivity contribution is -0.136. The van der Waals surface area contributed by atoms with Crippen LogP contribution in [-0.4, -0.2) is 24.8 Å². The maximum atomic E-state index is 13.8. The van der Waals surface area contributed by atoms with E-state index in [0.29, 0.717) is 33.0 Å². The van der Waals surface area contributed by atoms with E-state index in [0.717, 1.165) is 33.6 Å². The summed E-state index contributed by atoms with van der Waals surface area (Å²) in [5.74, 6) is 1.01. The number of ether oxygens (including phenoxy) is 3. The number of methoxy groups -OCH3 is 2. The predicted octanol–water partition coefficient (Wildman–Crippen LogP) is 4.61. The summed E-state index contributed by atoms with van der Waals surface area (Å²) in [6, 6.07) is 20.5. The molecule has 1 aliphatic rings. The number of esters is 1. The molecule has 1 aromatic heterocycles. The Kier molecular flexibility index (Phi) is 7.71. The number of allylic oxidation sites excluding steroid dienone is 1. The highest BCUT2D eigenvalue weighted by Crippen LogP contribution is 2.30. The van der Waals surface area contributed by atoms with E-state index in [4.69, 9.17) is 14.2 Å². The van der Waals surface area contributed by atoms with E-state index in [2.05, 4.69) is 18.0 Å². The number of carbonyl (C=O) groups excluding carboxylic acids is 1. The lowest BCUT2D eigenvalue weighted by Crippen LogP contribution is -2.39. The second-order valence-corrected chi connectivity index (χ2v) is 10.6. The van der Waals surface area contributed by atoms with Crippen molar-refractivity contribution in [3.8, 4) is 11.5 Å². The van der Waals surface area contributed by atoms with E-state index in [1.54, 1.807) is 18.6 Å². The van der Waals surface area contributed by atoms with Gasteiger partial charge in [-0.3, -0.25) is 9.36 Å². The molecule has 0 saturated heterocycles. The highest BCUT2D eigenvalue weighted by molar-refractivity contribution is 7.07. The lowest BCUT2D eigenvalue weighted by atomic mass is 9.96. The zero-order chi connectivity index (χ0) is 28.4. The molecule has 4 aromatic rings. The Hall–Kier alpha value is -4.43. The lowest BCUT2D eigenvalue weighted by Gasteiger charge is -2.24. The van der Waals surface area contributed by atoms with Gasteiger partial charge in [-0.05, 0) is 67.3 Å². The third-order valence-electron chi connectivity index (χ3n) is 7.08. The van der Waals surface area contributed by atoms with E-state index in [1.165, 1.54) is 18.4 Å². The molecule has 1 aliphatic heterocycles. The number of hydrogen-bond donors (Lipinski definition) is 0. The number of nitrogens with zero attached hydrogens (tertiary/aromatic N) is 2. The summed E-state index contributed by atoms with van der Waals surface area (Å²) < 4.78 is 18.9. The van der Waals surface area contributed by atoms with Crippen LogP contribution < -0.4 is 24.4 Å². The molecule has 5 rings (SSSR count). The first-order valence-electron chi connectivity index (χ1n) is 12.8. The molecule has 0 bridgehead atoms. The van der Waals surface area contributed by atoms with Crippen molar-refractivity contribution in [2.24, 2.45) is 4.99 Å². The first-order valence-corrected chi connectivity index (χ1v) is 13.7. The van der Waals surface area contributed by atoms with Gasteiger partial charge in [-0.1, -0.05) is 59.9 Å². The number of thiazole rings is 1. The molecule has 8 heteroatoms. The molecule has 3 aromatic carbocycles. The third kappa shape index (κ3) is 5.10. The highest BCUT2D eigenvalue weighted by atomic mass is 32.1. The fourth-order valence-corrected chi connectivity index (χ4v) is 5.88. The number of carbonyl (C=O) groups is 1. The van der Waals surface area contributed by atoms with Crippen LogP contribution in [0.25, 0.3) is 6.08 Å². The number of aromatic nitrogens is 1. The van der Waals surface area contributed by atoms with Crippen molar-refractivity contribution < 1.29 is 19.0 Å². The number of benzene rings is 3. The van der Waals surface area contributed by atoms with Gasteiger partial charge in [0.2, 0.25) is 0 Å². The maximum Gasteiger partial charge on any atom is 0.338 e. The van der Waals surface area contributed by atoms with Crippen molar-refractivity contribution in [1.82, 2.24) is 4.57 Å². The van der Waals surface area contributed by atoms with Crippen LogP contribution in [0.15, 0.2) is 87.8 Å². The average molecular weight is 555 g/mol. The second-order valence-electron chi connectivity index (χ2n) is 9.54. The molecule has 0 radical (unpaired) electrons. The topological polar surface area (TPSA) is 79.1 Å². The van der Waals surface area contributed by atoms with E-state index in [9.17, 15) is 9.59 Å². The molecule has 0 N–H and O–H groups in total. The quantitative estimate of drug-likeness (QED) is 0.312. The summed E-state index contributed by atoms with van der Waals surface area (Å²) in [5, 5.41) is 0. The average Bonchev–Trinajstić information content (AvgIpc) is 3.27. The first-order chi connectivity index (χ1) is 19.3. The fraction of sp³-hybridized carbons (Fsp3) is 0.219. The highest BCUT2D eigenvalue weighted by Gasteiger charge is 2.32. The fourth-order valence-electron chi connectivity index (χ4n) is 4.83. The molecule has 0 fully saturated rings. The smallest absolute Gasteiger partial charge is 0.338 e. The number of fused-ring (bicyclic) bond motifs is 1. The normalized spacial score (nSPS) is 14.9. The summed E-state index contributed by atoms with van der Waals surface area (Å²) in [6.07, 6.45) is 1.84. The minimum absolute atomic E-state index is 0.226. The third-order valence-corrected chi connectivity index (χ3v) is 8.07. The molecular formula is C32H30N2O5S. The predicted molar refractivity (Wildman–Crippen MR) is 155 cm³/mol. The van der Waals surface area contributed by atoms with Gasteiger partial charge in [0.25, 0.3) is 5.56 Å². The number of hydrogen-bond acceptors (Lipinski definition) is 7. The summed E-state index contributed by atoms with van der Waals surface area (Å²) in [5.41, 5.74) is 5.39. The molecule has 40 heavy (non-hydrogen) atoms. The van der Waals surface area contributed by atoms with Crippen LogP contribution in [0, 0.1) is 13.8 Å². The van der Waals surface area contributed by atoms with Crippen molar-refractivity contribution in [2.45, 2.75) is 33.4 Å². The second kappa shape index (κ2) is 11.4. The van der Waals surface area contributed by atoms with Gasteiger partial charge in [0.05, 0.1) is 36.1 Å². The van der Waals surface area contributed by atoms with Crippen LogP contribution in [0.4, 0.5) is 0 Å². The van der Waals surface area contributed by atoms with Crippen molar-refractivity contribution in [3.63, 3.8) is 0 Å². The standard InChI is InChI=1S/C32H30N2O5S/c1-19-10-9-13-25(20(19)2)39-18-24-16-22(14-15-26(24)37-4)17-27-30(35)34-29(23-11-7-6-8-12-23)28(31(36)38-5)21(3)33-32(34)40-27/h6-17,29H,18H2,1-5H3/t29-/m0/s1. The summed E-state index contributed by atoms with van der Waals surface area (Å²) in [6.45, 7) is 6.17. The van der Waals surface area contributed by atoms with Gasteiger partial charge in [0.15, 0.2) is 4.80 Å². The van der Waals surface area contributed by atoms with Gasteiger partial charge in [0, 0.05) is 5.56 Å². The molecule has 0 unspecified atom stereocenters. The van der Waals surface area contributed by atoms with Crippen molar-refractivity contribution >= 4 is 23.4 Å². The van der Waals surface area contributed by atoms with Gasteiger partial charge in [0.1, 0.15) is 18.1 Å². The molecule has 0 aliphatic carbocycles. The Bertz CT molecular complexity index is 1800. The molecule has 0 spiro atoms. The Balaban J connectivity index is 1.57. The molecule has 1 atom stereocenters. The van der Waals surface area contributed by atoms with Crippen molar-refractivity contribution in [2.75, 3.05) is 14.2 Å². The largest absolute Gasteiger partial charge is 0.496 e. The molecule has 0 saturated carbocycles. The molecule has 204 valence electrons. The summed E-state index contributed by atoms with van der Waals surface area (Å²) >= 11 is 1.29. The Morgan fingerprint density at radius 1 is 1.00 bits per heavy atom. The van der Waals surface area contributed by atoms with E-state index < -0.39 is 12.0 Å². The van der Waals surface area contributed by atoms with Crippen molar-refractivity contribution in [1.29, 1.82) is 0 Å². The van der Waals surface area contributed by atoms with Crippen molar-refractivity contribution in [3.05, 3.63) is 126 Å². The van der Waals surface area contributed by atoms with Gasteiger partial charge < -0.3 is 14.2 Å². The molecule has 7 nitrogen and oxygen atoms in total. The van der Waals surface area contributed by atoms with Crippen LogP contribution >= 0.6 is 11.3 Å². The maximum absolute atomic E-state index is 13.8. The van der Waals surface area contributed by atoms with Gasteiger partial charge in [-0.2, -0.15) is 0 Å². The van der Waals surface area contributed by atoms with Gasteiger partial charge in [-0.25, -0.2) is 9.79 Å². The van der Waals surface area contributed by atoms with E-state index in [-0.39, 0.29) is 5.56 Å². The summed E-state index contributed by atoms with van der Waals surface area (Å²) in [7, 11) is 2.96. The minimum atomic E-state index is -0.635. The zero-order valence-corrected chi connectivity index (χ0v) is 23.9. The molecule has 2 heterocycles. The van der Waals surface area contributed by atoms with Crippen LogP contribution in [0.3, 0.4) is 0 Å². The Labute approximate surface area is 236 Å². The number of rotatable bonds is 7. The molecule has 0 amide bonds. The van der Waals surface area contributed by atoms with Gasteiger partial charge >= 0.3 is 5.97 Å². The SMILES string of the molecule is COC(=O)C1=C(C)N=c2sc(=Cc3ccc(OC)c(COc4cccc(C)c4C)c3)c(=O)n2[C@H]1c1ccccc1. The monoisotopic (exact) mass is 554 g/mol. The number of aryl methyl sites for hydroxylation is 1. The summed E-state index contributed by atoms with van der Waals surface area (Å²) in [4.78, 5) is 31.8. The Morgan fingerprint density at radius 3 is 2.50 bits per heavy atom. The van der Waals surface area contributed by atoms with Crippen LogP contribution in [0.2, 0.25) is 0 Å². The van der Waals surface area contributed by atoms with Crippen LogP contribution in [0.1, 0.15) is 40.8 Å². The van der Waals surface area contributed by atoms with E-state index in [1.807, 2.05) is 73.7 Å². The molecular weight excluding hydrogens is 524 g/mol. The van der Waals surface area contributed by atoms with Crippen LogP contribution in [-0.2, 0) is 16.1 Å².